The van der Waals surface area contributed by atoms with Gasteiger partial charge in [-0.05, 0) is 36.8 Å². The van der Waals surface area contributed by atoms with Gasteiger partial charge >= 0.3 is 6.03 Å². The largest absolute Gasteiger partial charge is 0.495 e. The summed E-state index contributed by atoms with van der Waals surface area (Å²) in [6.07, 6.45) is 0.524. The number of nitrogens with one attached hydrogen (secondary N) is 2. The zero-order chi connectivity index (χ0) is 25.8. The molecule has 2 aromatic rings. The molecule has 2 aliphatic heterocycles. The van der Waals surface area contributed by atoms with Gasteiger partial charge in [-0.25, -0.2) is 14.8 Å². The molecule has 2 N–H and O–H groups in total. The van der Waals surface area contributed by atoms with Gasteiger partial charge in [0.15, 0.2) is 0 Å². The highest BCUT2D eigenvalue weighted by atomic mass is 35.5. The Kier molecular flexibility index (Phi) is 7.39. The first-order chi connectivity index (χ1) is 17.3. The number of benzene rings is 2. The van der Waals surface area contributed by atoms with E-state index in [1.807, 2.05) is 0 Å². The molecule has 0 aliphatic carbocycles. The summed E-state index contributed by atoms with van der Waals surface area (Å²) in [6, 6.07) is 10.6. The van der Waals surface area contributed by atoms with Crippen LogP contribution in [0.3, 0.4) is 0 Å². The molecule has 0 atom stereocenters. The molecule has 2 aromatic carbocycles. The molecule has 188 valence electrons. The second-order valence-electron chi connectivity index (χ2n) is 8.11. The van der Waals surface area contributed by atoms with E-state index in [1.54, 1.807) is 30.3 Å². The maximum atomic E-state index is 12.8. The number of rotatable bonds is 7. The second kappa shape index (κ2) is 10.6. The summed E-state index contributed by atoms with van der Waals surface area (Å²) in [5.74, 6) is -1.57. The minimum absolute atomic E-state index is 0.0189. The number of amides is 6. The van der Waals surface area contributed by atoms with E-state index in [1.165, 1.54) is 29.3 Å². The Morgan fingerprint density at radius 1 is 1.00 bits per heavy atom. The summed E-state index contributed by atoms with van der Waals surface area (Å²) >= 11 is 6.01. The third kappa shape index (κ3) is 5.10. The van der Waals surface area contributed by atoms with Crippen LogP contribution in [0.15, 0.2) is 42.5 Å². The fourth-order valence-electron chi connectivity index (χ4n) is 4.06. The fraction of sp³-hybridized carbons (Fsp3) is 0.292. The van der Waals surface area contributed by atoms with Gasteiger partial charge in [-0.3, -0.25) is 24.1 Å². The van der Waals surface area contributed by atoms with Crippen molar-refractivity contribution in [3.8, 4) is 5.75 Å². The number of hydrazine groups is 1. The highest BCUT2D eigenvalue weighted by Gasteiger charge is 2.36. The summed E-state index contributed by atoms with van der Waals surface area (Å²) in [5, 5.41) is 8.29. The number of hydrogen-bond acceptors (Lipinski definition) is 6. The molecule has 6 amide bonds. The molecule has 1 fully saturated rings. The lowest BCUT2D eigenvalue weighted by molar-refractivity contribution is -0.139. The van der Waals surface area contributed by atoms with Gasteiger partial charge in [0.05, 0.1) is 23.9 Å². The van der Waals surface area contributed by atoms with Gasteiger partial charge in [0.2, 0.25) is 11.8 Å². The summed E-state index contributed by atoms with van der Waals surface area (Å²) in [4.78, 5) is 63.6. The monoisotopic (exact) mass is 513 g/mol. The molecule has 11 nitrogen and oxygen atoms in total. The van der Waals surface area contributed by atoms with Crippen LogP contribution in [-0.2, 0) is 9.59 Å². The number of carbonyl (C=O) groups is 5. The van der Waals surface area contributed by atoms with Crippen LogP contribution in [0.1, 0.15) is 33.6 Å². The van der Waals surface area contributed by atoms with Crippen LogP contribution in [0.25, 0.3) is 0 Å². The number of carbonyl (C=O) groups excluding carboxylic acids is 5. The average Bonchev–Trinajstić information content (AvgIpc) is 3.45. The number of methoxy groups -OCH3 is 1. The lowest BCUT2D eigenvalue weighted by atomic mass is 10.1. The third-order valence-corrected chi connectivity index (χ3v) is 6.03. The number of fused-ring (bicyclic) bond motifs is 1. The molecule has 2 heterocycles. The lowest BCUT2D eigenvalue weighted by Crippen LogP contribution is -2.47. The topological polar surface area (TPSA) is 128 Å². The Labute approximate surface area is 211 Å². The molecule has 36 heavy (non-hydrogen) atoms. The number of imide groups is 1. The Hall–Kier alpha value is -4.12. The maximum Gasteiger partial charge on any atom is 0.340 e. The highest BCUT2D eigenvalue weighted by molar-refractivity contribution is 6.31. The van der Waals surface area contributed by atoms with Crippen molar-refractivity contribution in [3.63, 3.8) is 0 Å². The van der Waals surface area contributed by atoms with Crippen LogP contribution in [0, 0.1) is 0 Å². The smallest absolute Gasteiger partial charge is 0.340 e. The number of urea groups is 1. The molecule has 0 aromatic heterocycles. The first kappa shape index (κ1) is 25.0. The van der Waals surface area contributed by atoms with Crippen LogP contribution in [0.5, 0.6) is 5.75 Å². The molecule has 4 rings (SSSR count). The summed E-state index contributed by atoms with van der Waals surface area (Å²) in [5.41, 5.74) is 0.885. The van der Waals surface area contributed by atoms with Gasteiger partial charge in [-0.2, -0.15) is 0 Å². The quantitative estimate of drug-likeness (QED) is 0.546. The molecular formula is C24H24ClN5O6. The second-order valence-corrected chi connectivity index (χ2v) is 8.55. The number of halogens is 1. The van der Waals surface area contributed by atoms with E-state index in [2.05, 4.69) is 10.6 Å². The molecule has 12 heteroatoms. The van der Waals surface area contributed by atoms with Gasteiger partial charge in [-0.15, -0.1) is 0 Å². The van der Waals surface area contributed by atoms with Crippen LogP contribution < -0.4 is 15.4 Å². The van der Waals surface area contributed by atoms with Crippen molar-refractivity contribution < 1.29 is 28.7 Å². The Morgan fingerprint density at radius 3 is 2.33 bits per heavy atom. The van der Waals surface area contributed by atoms with Gasteiger partial charge in [0.25, 0.3) is 11.8 Å². The van der Waals surface area contributed by atoms with Crippen molar-refractivity contribution in [2.75, 3.05) is 38.6 Å². The molecular weight excluding hydrogens is 490 g/mol. The van der Waals surface area contributed by atoms with Crippen molar-refractivity contribution in [1.82, 2.24) is 20.2 Å². The zero-order valence-electron chi connectivity index (χ0n) is 19.5. The van der Waals surface area contributed by atoms with Crippen LogP contribution in [0.4, 0.5) is 10.5 Å². The van der Waals surface area contributed by atoms with Crippen molar-refractivity contribution in [2.24, 2.45) is 0 Å². The van der Waals surface area contributed by atoms with Crippen LogP contribution >= 0.6 is 11.6 Å². The molecule has 0 spiro atoms. The fourth-order valence-corrected chi connectivity index (χ4v) is 4.23. The van der Waals surface area contributed by atoms with E-state index < -0.39 is 30.3 Å². The van der Waals surface area contributed by atoms with E-state index in [9.17, 15) is 24.0 Å². The average molecular weight is 514 g/mol. The van der Waals surface area contributed by atoms with E-state index in [0.29, 0.717) is 36.0 Å². The molecule has 0 saturated carbocycles. The van der Waals surface area contributed by atoms with Gasteiger partial charge in [0.1, 0.15) is 12.3 Å². The van der Waals surface area contributed by atoms with E-state index in [0.717, 1.165) is 4.90 Å². The lowest BCUT2D eigenvalue weighted by Gasteiger charge is -2.28. The minimum atomic E-state index is -0.568. The molecule has 0 unspecified atom stereocenters. The maximum absolute atomic E-state index is 12.8. The zero-order valence-corrected chi connectivity index (χ0v) is 20.2. The van der Waals surface area contributed by atoms with Crippen molar-refractivity contribution in [1.29, 1.82) is 0 Å². The minimum Gasteiger partial charge on any atom is -0.495 e. The molecule has 2 aliphatic rings. The van der Waals surface area contributed by atoms with Crippen LogP contribution in [0.2, 0.25) is 5.02 Å². The number of ether oxygens (including phenoxy) is 1. The summed E-state index contributed by atoms with van der Waals surface area (Å²) in [7, 11) is 1.47. The van der Waals surface area contributed by atoms with Gasteiger partial charge < -0.3 is 15.4 Å². The van der Waals surface area contributed by atoms with Crippen molar-refractivity contribution >= 4 is 46.9 Å². The van der Waals surface area contributed by atoms with E-state index in [4.69, 9.17) is 16.3 Å². The highest BCUT2D eigenvalue weighted by Crippen LogP contribution is 2.28. The molecule has 0 radical (unpaired) electrons. The number of hydrogen-bond donors (Lipinski definition) is 2. The van der Waals surface area contributed by atoms with E-state index >= 15 is 0 Å². The van der Waals surface area contributed by atoms with Gasteiger partial charge in [-0.1, -0.05) is 23.7 Å². The number of nitrogens with zero attached hydrogens (tertiary/aromatic N) is 3. The Morgan fingerprint density at radius 2 is 1.67 bits per heavy atom. The predicted molar refractivity (Wildman–Crippen MR) is 129 cm³/mol. The van der Waals surface area contributed by atoms with Crippen molar-refractivity contribution in [2.45, 2.75) is 12.8 Å². The predicted octanol–water partition coefficient (Wildman–Crippen LogP) is 2.13. The third-order valence-electron chi connectivity index (χ3n) is 5.80. The summed E-state index contributed by atoms with van der Waals surface area (Å²) < 4.78 is 5.23. The summed E-state index contributed by atoms with van der Waals surface area (Å²) in [6.45, 7) is 0.226. The van der Waals surface area contributed by atoms with Crippen LogP contribution in [-0.4, -0.2) is 77.9 Å². The standard InChI is InChI=1S/C24H24ClN5O6/c1-36-19-8-7-15(25)13-18(19)27-24(35)30-12-4-11-29(30)21(32)9-10-26-20(31)14-28-22(33)16-5-2-3-6-17(16)23(28)34/h2-3,5-8,13H,4,9-12,14H2,1H3,(H,26,31)(H,27,35). The normalized spacial score (nSPS) is 14.7. The molecule has 1 saturated heterocycles. The Bertz CT molecular complexity index is 1200. The SMILES string of the molecule is COc1ccc(Cl)cc1NC(=O)N1CCCN1C(=O)CCNC(=O)CN1C(=O)c2ccccc2C1=O. The Balaban J connectivity index is 1.28. The van der Waals surface area contributed by atoms with Gasteiger partial charge in [0, 0.05) is 31.1 Å². The first-order valence-corrected chi connectivity index (χ1v) is 11.6. The van der Waals surface area contributed by atoms with E-state index in [-0.39, 0.29) is 30.0 Å². The molecule has 0 bridgehead atoms. The first-order valence-electron chi connectivity index (χ1n) is 11.2. The number of anilines is 1. The van der Waals surface area contributed by atoms with Crippen molar-refractivity contribution in [3.05, 3.63) is 58.6 Å².